The van der Waals surface area contributed by atoms with Crippen molar-refractivity contribution in [2.75, 3.05) is 0 Å². The Bertz CT molecular complexity index is 641. The first kappa shape index (κ1) is 17.9. The quantitative estimate of drug-likeness (QED) is 0.450. The van der Waals surface area contributed by atoms with Crippen LogP contribution in [0.2, 0.25) is 0 Å². The summed E-state index contributed by atoms with van der Waals surface area (Å²) < 4.78 is 6.35. The summed E-state index contributed by atoms with van der Waals surface area (Å²) in [6.45, 7) is 6.85. The van der Waals surface area contributed by atoms with E-state index in [1.54, 1.807) is 38.1 Å². The zero-order valence-electron chi connectivity index (χ0n) is 13.8. The van der Waals surface area contributed by atoms with Crippen LogP contribution in [-0.2, 0) is 14.3 Å². The molecule has 2 rings (SSSR count). The number of halogens is 1. The van der Waals surface area contributed by atoms with E-state index in [1.165, 1.54) is 0 Å². The molecule has 0 amide bonds. The van der Waals surface area contributed by atoms with Crippen LogP contribution in [-0.4, -0.2) is 23.6 Å². The van der Waals surface area contributed by atoms with Crippen LogP contribution in [0.25, 0.3) is 0 Å². The first-order chi connectivity index (χ1) is 10.7. The molecule has 0 bridgehead atoms. The minimum Gasteiger partial charge on any atom is -0.452 e. The van der Waals surface area contributed by atoms with Crippen molar-refractivity contribution >= 4 is 33.5 Å². The van der Waals surface area contributed by atoms with E-state index in [4.69, 9.17) is 4.74 Å². The van der Waals surface area contributed by atoms with Crippen molar-refractivity contribution in [1.29, 1.82) is 0 Å². The minimum absolute atomic E-state index is 0.207. The summed E-state index contributed by atoms with van der Waals surface area (Å²) >= 11 is 3.32. The molecular formula is C18H21BrO4. The van der Waals surface area contributed by atoms with E-state index in [9.17, 15) is 14.4 Å². The molecule has 0 spiro atoms. The molecule has 1 aliphatic heterocycles. The highest BCUT2D eigenvalue weighted by Gasteiger charge is 2.60. The van der Waals surface area contributed by atoms with Crippen LogP contribution in [0, 0.1) is 10.8 Å². The van der Waals surface area contributed by atoms with E-state index in [0.29, 0.717) is 18.4 Å². The average Bonchev–Trinajstić information content (AvgIpc) is 2.53. The van der Waals surface area contributed by atoms with Gasteiger partial charge in [-0.2, -0.15) is 0 Å². The molecule has 1 heterocycles. The fourth-order valence-corrected chi connectivity index (χ4v) is 3.48. The lowest BCUT2D eigenvalue weighted by Gasteiger charge is -2.45. The number of rotatable bonds is 4. The monoisotopic (exact) mass is 380 g/mol. The third kappa shape index (κ3) is 2.75. The maximum atomic E-state index is 13.0. The minimum atomic E-state index is -1.22. The zero-order valence-corrected chi connectivity index (χ0v) is 15.4. The molecule has 1 aliphatic rings. The lowest BCUT2D eigenvalue weighted by Crippen LogP contribution is -2.60. The highest BCUT2D eigenvalue weighted by atomic mass is 79.9. The number of cyclic esters (lactones) is 1. The molecule has 124 valence electrons. The van der Waals surface area contributed by atoms with Crippen LogP contribution in [0.3, 0.4) is 0 Å². The molecule has 1 atom stereocenters. The second-order valence-electron chi connectivity index (χ2n) is 6.47. The standard InChI is InChI=1S/C18H21BrO4/c1-5-18(6-2)14(23-16(22)17(3,4)15(18)21)13(20)11-7-9-12(19)10-8-11/h7-10,14H,5-6H2,1-4H3/t14-/m0/s1. The largest absolute Gasteiger partial charge is 0.452 e. The van der Waals surface area contributed by atoms with Gasteiger partial charge in [0.25, 0.3) is 0 Å². The summed E-state index contributed by atoms with van der Waals surface area (Å²) in [7, 11) is 0. The number of carbonyl (C=O) groups excluding carboxylic acids is 3. The summed E-state index contributed by atoms with van der Waals surface area (Å²) in [5.74, 6) is -1.16. The topological polar surface area (TPSA) is 60.4 Å². The molecule has 1 aromatic carbocycles. The number of hydrogen-bond donors (Lipinski definition) is 0. The number of benzene rings is 1. The van der Waals surface area contributed by atoms with Gasteiger partial charge in [-0.25, -0.2) is 0 Å². The van der Waals surface area contributed by atoms with E-state index in [-0.39, 0.29) is 11.6 Å². The van der Waals surface area contributed by atoms with Gasteiger partial charge in [-0.15, -0.1) is 0 Å². The van der Waals surface area contributed by atoms with Crippen molar-refractivity contribution in [2.24, 2.45) is 10.8 Å². The van der Waals surface area contributed by atoms with E-state index in [1.807, 2.05) is 13.8 Å². The van der Waals surface area contributed by atoms with Crippen LogP contribution >= 0.6 is 15.9 Å². The molecular weight excluding hydrogens is 360 g/mol. The van der Waals surface area contributed by atoms with Gasteiger partial charge in [-0.1, -0.05) is 41.9 Å². The smallest absolute Gasteiger partial charge is 0.319 e. The molecule has 1 aromatic rings. The molecule has 4 nitrogen and oxygen atoms in total. The van der Waals surface area contributed by atoms with Crippen LogP contribution < -0.4 is 0 Å². The molecule has 0 aliphatic carbocycles. The molecule has 0 radical (unpaired) electrons. The number of esters is 1. The number of hydrogen-bond acceptors (Lipinski definition) is 4. The number of ether oxygens (including phenoxy) is 1. The van der Waals surface area contributed by atoms with Gasteiger partial charge in [-0.05, 0) is 38.8 Å². The molecule has 0 saturated carbocycles. The first-order valence-electron chi connectivity index (χ1n) is 7.76. The van der Waals surface area contributed by atoms with Gasteiger partial charge < -0.3 is 4.74 Å². The average molecular weight is 381 g/mol. The SMILES string of the molecule is CCC1(CC)C(=O)C(C)(C)C(=O)O[C@H]1C(=O)c1ccc(Br)cc1. The van der Waals surface area contributed by atoms with Crippen molar-refractivity contribution in [3.05, 3.63) is 34.3 Å². The third-order valence-electron chi connectivity index (χ3n) is 4.89. The Kier molecular flexibility index (Phi) is 4.81. The molecule has 1 fully saturated rings. The fourth-order valence-electron chi connectivity index (χ4n) is 3.21. The Morgan fingerprint density at radius 2 is 1.65 bits per heavy atom. The van der Waals surface area contributed by atoms with E-state index >= 15 is 0 Å². The number of ketones is 2. The molecule has 0 N–H and O–H groups in total. The fraction of sp³-hybridized carbons (Fsp3) is 0.500. The van der Waals surface area contributed by atoms with Crippen molar-refractivity contribution in [3.8, 4) is 0 Å². The van der Waals surface area contributed by atoms with E-state index in [0.717, 1.165) is 4.47 Å². The Labute approximate surface area is 144 Å². The zero-order chi connectivity index (χ0) is 17.4. The lowest BCUT2D eigenvalue weighted by atomic mass is 9.62. The Morgan fingerprint density at radius 3 is 2.13 bits per heavy atom. The van der Waals surface area contributed by atoms with Crippen molar-refractivity contribution < 1.29 is 19.1 Å². The third-order valence-corrected chi connectivity index (χ3v) is 5.41. The van der Waals surface area contributed by atoms with Gasteiger partial charge >= 0.3 is 5.97 Å². The van der Waals surface area contributed by atoms with Gasteiger partial charge in [0.2, 0.25) is 5.78 Å². The molecule has 0 unspecified atom stereocenters. The first-order valence-corrected chi connectivity index (χ1v) is 8.55. The van der Waals surface area contributed by atoms with Crippen LogP contribution in [0.15, 0.2) is 28.7 Å². The maximum Gasteiger partial charge on any atom is 0.319 e. The maximum absolute atomic E-state index is 13.0. The highest BCUT2D eigenvalue weighted by Crippen LogP contribution is 2.46. The second-order valence-corrected chi connectivity index (χ2v) is 7.39. The van der Waals surface area contributed by atoms with Crippen LogP contribution in [0.5, 0.6) is 0 Å². The lowest BCUT2D eigenvalue weighted by molar-refractivity contribution is -0.184. The van der Waals surface area contributed by atoms with Crippen molar-refractivity contribution in [1.82, 2.24) is 0 Å². The molecule has 23 heavy (non-hydrogen) atoms. The van der Waals surface area contributed by atoms with Gasteiger partial charge in [0.1, 0.15) is 5.41 Å². The van der Waals surface area contributed by atoms with Crippen LogP contribution in [0.4, 0.5) is 0 Å². The number of Topliss-reactive ketones (excluding diaryl/α,β-unsaturated/α-hetero) is 2. The summed E-state index contributed by atoms with van der Waals surface area (Å²) in [5, 5.41) is 0. The molecule has 0 aromatic heterocycles. The number of carbonyl (C=O) groups is 3. The summed E-state index contributed by atoms with van der Waals surface area (Å²) in [6.07, 6.45) is -0.162. The molecule has 1 saturated heterocycles. The van der Waals surface area contributed by atoms with Crippen molar-refractivity contribution in [2.45, 2.75) is 46.6 Å². The summed E-state index contributed by atoms with van der Waals surface area (Å²) in [6, 6.07) is 6.84. The van der Waals surface area contributed by atoms with E-state index < -0.39 is 22.9 Å². The predicted octanol–water partition coefficient (Wildman–Crippen LogP) is 3.96. The Balaban J connectivity index is 2.50. The normalized spacial score (nSPS) is 22.6. The second kappa shape index (κ2) is 6.19. The van der Waals surface area contributed by atoms with Crippen molar-refractivity contribution in [3.63, 3.8) is 0 Å². The van der Waals surface area contributed by atoms with Gasteiger partial charge in [0, 0.05) is 10.0 Å². The Morgan fingerprint density at radius 1 is 1.13 bits per heavy atom. The Hall–Kier alpha value is -1.49. The summed E-state index contributed by atoms with van der Waals surface area (Å²) in [5.41, 5.74) is -1.76. The van der Waals surface area contributed by atoms with E-state index in [2.05, 4.69) is 15.9 Å². The molecule has 5 heteroatoms. The summed E-state index contributed by atoms with van der Waals surface area (Å²) in [4.78, 5) is 38.1. The van der Waals surface area contributed by atoms with Crippen LogP contribution in [0.1, 0.15) is 50.9 Å². The van der Waals surface area contributed by atoms with Gasteiger partial charge in [0.15, 0.2) is 11.9 Å². The highest BCUT2D eigenvalue weighted by molar-refractivity contribution is 9.10. The predicted molar refractivity (Wildman–Crippen MR) is 90.2 cm³/mol. The van der Waals surface area contributed by atoms with Gasteiger partial charge in [-0.3, -0.25) is 14.4 Å². The van der Waals surface area contributed by atoms with Gasteiger partial charge in [0.05, 0.1) is 5.41 Å².